The Balaban J connectivity index is 1.21. The Morgan fingerprint density at radius 2 is 0.783 bits per heavy atom. The molecule has 0 aliphatic rings. The lowest BCUT2D eigenvalue weighted by molar-refractivity contribution is 0.561. The molecule has 0 saturated carbocycles. The van der Waals surface area contributed by atoms with E-state index in [4.69, 9.17) is 0 Å². The number of para-hydroxylation sites is 6. The van der Waals surface area contributed by atoms with Crippen LogP contribution in [-0.2, 0) is 10.8 Å². The summed E-state index contributed by atoms with van der Waals surface area (Å²) >= 11 is 0. The maximum atomic E-state index is 11.6. The molecular weight excluding hydrogens is 1010 g/mol. The van der Waals surface area contributed by atoms with Crippen LogP contribution in [0.5, 0.6) is 0 Å². The summed E-state index contributed by atoms with van der Waals surface area (Å²) in [7, 11) is 0. The monoisotopic (exact) mass is 1070 g/mol. The number of fused-ring (bicyclic) bond motifs is 14. The van der Waals surface area contributed by atoms with E-state index < -0.39 is 10.8 Å². The number of aromatic nitrogens is 4. The highest BCUT2D eigenvalue weighted by molar-refractivity contribution is 6.28. The zero-order valence-corrected chi connectivity index (χ0v) is 48.3. The van der Waals surface area contributed by atoms with Crippen LogP contribution in [0.2, 0.25) is 0 Å². The van der Waals surface area contributed by atoms with Crippen LogP contribution in [0.4, 0.5) is 0 Å². The Labute approximate surface area is 484 Å². The molecular formula is C78H63N5. The molecule has 0 aliphatic carbocycles. The summed E-state index contributed by atoms with van der Waals surface area (Å²) in [5.74, 6) is 0. The quantitative estimate of drug-likeness (QED) is 0.157. The van der Waals surface area contributed by atoms with E-state index in [0.717, 1.165) is 61.3 Å². The van der Waals surface area contributed by atoms with E-state index in [1.54, 1.807) is 0 Å². The summed E-state index contributed by atoms with van der Waals surface area (Å²) in [5.41, 5.74) is 21.6. The highest BCUT2D eigenvalue weighted by Crippen LogP contribution is 2.56. The first kappa shape index (κ1) is 50.1. The van der Waals surface area contributed by atoms with Gasteiger partial charge in [-0.05, 0) is 130 Å². The third kappa shape index (κ3) is 7.32. The zero-order valence-electron chi connectivity index (χ0n) is 48.3. The van der Waals surface area contributed by atoms with Gasteiger partial charge >= 0.3 is 0 Å². The Bertz CT molecular complexity index is 5190. The van der Waals surface area contributed by atoms with Gasteiger partial charge in [-0.3, -0.25) is 0 Å². The molecule has 0 spiro atoms. The van der Waals surface area contributed by atoms with Crippen LogP contribution in [0.1, 0.15) is 82.3 Å². The molecule has 0 N–H and O–H groups in total. The second-order valence-electron chi connectivity index (χ2n) is 24.7. The Morgan fingerprint density at radius 3 is 1.31 bits per heavy atom. The molecule has 0 amide bonds. The summed E-state index contributed by atoms with van der Waals surface area (Å²) < 4.78 is 10.2. The fourth-order valence-corrected chi connectivity index (χ4v) is 14.6. The third-order valence-electron chi connectivity index (χ3n) is 17.8. The topological polar surface area (TPSA) is 43.5 Å². The summed E-state index contributed by atoms with van der Waals surface area (Å²) in [6.45, 7) is 19.2. The molecule has 15 aromatic rings. The molecule has 0 radical (unpaired) electrons. The molecule has 1 atom stereocenters. The second kappa shape index (κ2) is 18.6. The lowest BCUT2D eigenvalue weighted by atomic mass is 9.68. The van der Waals surface area contributed by atoms with Gasteiger partial charge in [-0.1, -0.05) is 205 Å². The SMILES string of the molecule is Cc1ccccc1-c1c(C(C)n2c3ccccc3c3ccc4c(c5ccccc5n4-c4ccccc4)c32)c(-c2ccccc2C#N)c(C(C)(C)C)c(-n2c3ccccc3c3ccc4c(c5ccccc5n4-c4ccccc4)c32)c1C(C)(C)C. The van der Waals surface area contributed by atoms with E-state index in [1.807, 2.05) is 12.1 Å². The third-order valence-corrected chi connectivity index (χ3v) is 17.8. The van der Waals surface area contributed by atoms with Crippen molar-refractivity contribution in [3.63, 3.8) is 0 Å². The van der Waals surface area contributed by atoms with Crippen LogP contribution in [0.25, 0.3) is 127 Å². The molecule has 0 bridgehead atoms. The Morgan fingerprint density at radius 1 is 0.373 bits per heavy atom. The van der Waals surface area contributed by atoms with Gasteiger partial charge in [0.15, 0.2) is 0 Å². The van der Waals surface area contributed by atoms with Crippen LogP contribution in [0.3, 0.4) is 0 Å². The number of nitrogens with zero attached hydrogens (tertiary/aromatic N) is 5. The van der Waals surface area contributed by atoms with Crippen molar-refractivity contribution in [1.29, 1.82) is 5.26 Å². The minimum Gasteiger partial charge on any atom is -0.332 e. The van der Waals surface area contributed by atoms with Crippen molar-refractivity contribution >= 4 is 87.2 Å². The van der Waals surface area contributed by atoms with Crippen molar-refractivity contribution in [1.82, 2.24) is 18.3 Å². The zero-order chi connectivity index (χ0) is 56.6. The Kier molecular flexibility index (Phi) is 11.2. The number of nitriles is 1. The first-order valence-electron chi connectivity index (χ1n) is 29.2. The minimum atomic E-state index is -0.507. The first-order valence-corrected chi connectivity index (χ1v) is 29.2. The van der Waals surface area contributed by atoms with Gasteiger partial charge in [0, 0.05) is 65.5 Å². The van der Waals surface area contributed by atoms with Gasteiger partial charge in [-0.25, -0.2) is 0 Å². The summed E-state index contributed by atoms with van der Waals surface area (Å²) in [6.07, 6.45) is 0. The van der Waals surface area contributed by atoms with Crippen molar-refractivity contribution in [3.8, 4) is 45.4 Å². The number of rotatable bonds is 7. The average molecular weight is 1070 g/mol. The first-order chi connectivity index (χ1) is 40.3. The molecule has 400 valence electrons. The number of aryl methyl sites for hydroxylation is 1. The van der Waals surface area contributed by atoms with Gasteiger partial charge in [0.25, 0.3) is 0 Å². The fourth-order valence-electron chi connectivity index (χ4n) is 14.6. The van der Waals surface area contributed by atoms with Crippen molar-refractivity contribution < 1.29 is 0 Å². The lowest BCUT2D eigenvalue weighted by Gasteiger charge is -2.39. The highest BCUT2D eigenvalue weighted by atomic mass is 15.0. The van der Waals surface area contributed by atoms with Crippen molar-refractivity contribution in [2.75, 3.05) is 0 Å². The van der Waals surface area contributed by atoms with Gasteiger partial charge in [-0.15, -0.1) is 0 Å². The molecule has 5 heteroatoms. The molecule has 83 heavy (non-hydrogen) atoms. The molecule has 0 saturated heterocycles. The minimum absolute atomic E-state index is 0.303. The number of hydrogen-bond acceptors (Lipinski definition) is 1. The number of benzene rings is 11. The van der Waals surface area contributed by atoms with E-state index in [0.29, 0.717) is 5.56 Å². The van der Waals surface area contributed by atoms with E-state index >= 15 is 0 Å². The van der Waals surface area contributed by atoms with E-state index in [9.17, 15) is 5.26 Å². The van der Waals surface area contributed by atoms with E-state index in [-0.39, 0.29) is 6.04 Å². The predicted octanol–water partition coefficient (Wildman–Crippen LogP) is 20.8. The fraction of sp³-hybridized carbons (Fsp3) is 0.141. The molecule has 15 rings (SSSR count). The average Bonchev–Trinajstić information content (AvgIpc) is 2.15. The Hall–Kier alpha value is -9.89. The van der Waals surface area contributed by atoms with Crippen LogP contribution in [-0.4, -0.2) is 18.3 Å². The standard InChI is InChI=1S/C78H63N5/c1-48-27-15-17-33-53(48)70-67(49(2)80-61-39-23-19-35-55(61)57-43-45-65-68(74(57)80)59-37-21-25-41-63(59)81(65)51-29-11-9-12-30-51)71(54-34-18-16-28-50(54)47-79)73(78(6,7)8)76(72(70)77(3,4)5)83-62-40-24-20-36-56(62)58-44-46-66-69(75(58)83)60-38-22-26-42-64(60)82(66)52-31-13-10-14-32-52/h9-46,49H,1-8H3. The van der Waals surface area contributed by atoms with Gasteiger partial charge in [-0.2, -0.15) is 5.26 Å². The van der Waals surface area contributed by atoms with Crippen LogP contribution in [0.15, 0.2) is 231 Å². The van der Waals surface area contributed by atoms with Gasteiger partial charge in [0.1, 0.15) is 0 Å². The molecule has 5 nitrogen and oxygen atoms in total. The highest BCUT2D eigenvalue weighted by Gasteiger charge is 2.40. The van der Waals surface area contributed by atoms with Gasteiger partial charge in [0.2, 0.25) is 0 Å². The number of hydrogen-bond donors (Lipinski definition) is 0. The molecule has 4 heterocycles. The predicted molar refractivity (Wildman–Crippen MR) is 350 cm³/mol. The maximum absolute atomic E-state index is 11.6. The summed E-state index contributed by atoms with van der Waals surface area (Å²) in [4.78, 5) is 0. The summed E-state index contributed by atoms with van der Waals surface area (Å²) in [6, 6.07) is 86.8. The van der Waals surface area contributed by atoms with Gasteiger partial charge < -0.3 is 18.3 Å². The maximum Gasteiger partial charge on any atom is 0.0998 e. The smallest absolute Gasteiger partial charge is 0.0998 e. The normalized spacial score (nSPS) is 12.8. The molecule has 0 fully saturated rings. The molecule has 1 unspecified atom stereocenters. The molecule has 0 aliphatic heterocycles. The van der Waals surface area contributed by atoms with Crippen LogP contribution >= 0.6 is 0 Å². The van der Waals surface area contributed by atoms with E-state index in [1.165, 1.54) is 87.5 Å². The molecule has 11 aromatic carbocycles. The van der Waals surface area contributed by atoms with Crippen LogP contribution in [0, 0.1) is 18.3 Å². The van der Waals surface area contributed by atoms with Gasteiger partial charge in [0.05, 0.1) is 62.0 Å². The van der Waals surface area contributed by atoms with Crippen molar-refractivity contribution in [2.45, 2.75) is 72.3 Å². The molecule has 4 aromatic heterocycles. The van der Waals surface area contributed by atoms with Crippen LogP contribution < -0.4 is 0 Å². The summed E-state index contributed by atoms with van der Waals surface area (Å²) in [5, 5.41) is 21.2. The second-order valence-corrected chi connectivity index (χ2v) is 24.7. The lowest BCUT2D eigenvalue weighted by Crippen LogP contribution is -2.27. The van der Waals surface area contributed by atoms with Crippen molar-refractivity contribution in [3.05, 3.63) is 258 Å². The van der Waals surface area contributed by atoms with E-state index in [2.05, 4.69) is 298 Å². The largest absolute Gasteiger partial charge is 0.332 e. The van der Waals surface area contributed by atoms with Crippen molar-refractivity contribution in [2.24, 2.45) is 0 Å².